The molecule has 0 radical (unpaired) electrons. The third-order valence-electron chi connectivity index (χ3n) is 4.76. The average molecular weight is 368 g/mol. The molecule has 0 spiro atoms. The lowest BCUT2D eigenvalue weighted by Gasteiger charge is -2.37. The Balaban J connectivity index is 0.00000312. The molecule has 6 heteroatoms. The molecule has 0 aliphatic carbocycles. The van der Waals surface area contributed by atoms with E-state index in [0.717, 1.165) is 24.8 Å². The molecule has 1 saturated heterocycles. The van der Waals surface area contributed by atoms with Gasteiger partial charge >= 0.3 is 0 Å². The summed E-state index contributed by atoms with van der Waals surface area (Å²) < 4.78 is 0. The number of carbonyl (C=O) groups is 2. The van der Waals surface area contributed by atoms with E-state index >= 15 is 0 Å². The molecule has 1 heterocycles. The summed E-state index contributed by atoms with van der Waals surface area (Å²) in [5, 5.41) is 3.09. The van der Waals surface area contributed by atoms with E-state index in [9.17, 15) is 9.59 Å². The number of amides is 2. The fourth-order valence-electron chi connectivity index (χ4n) is 3.31. The monoisotopic (exact) mass is 367 g/mol. The van der Waals surface area contributed by atoms with Crippen LogP contribution in [-0.2, 0) is 4.79 Å². The van der Waals surface area contributed by atoms with Crippen LogP contribution in [0.15, 0.2) is 24.3 Å². The summed E-state index contributed by atoms with van der Waals surface area (Å²) in [5.74, 6) is -0.0134. The second-order valence-corrected chi connectivity index (χ2v) is 7.02. The minimum absolute atomic E-state index is 0. The third-order valence-corrected chi connectivity index (χ3v) is 4.76. The fraction of sp³-hybridized carbons (Fsp3) is 0.579. The molecule has 5 nitrogen and oxygen atoms in total. The van der Waals surface area contributed by atoms with E-state index in [2.05, 4.69) is 5.32 Å². The minimum atomic E-state index is -0.786. The normalized spacial score (nSPS) is 17.4. The third kappa shape index (κ3) is 5.44. The first kappa shape index (κ1) is 21.5. The molecule has 0 bridgehead atoms. The van der Waals surface area contributed by atoms with Crippen molar-refractivity contribution in [2.24, 2.45) is 5.73 Å². The molecule has 0 aromatic heterocycles. The maximum absolute atomic E-state index is 12.5. The number of nitrogens with zero attached hydrogens (tertiary/aromatic N) is 1. The molecule has 1 unspecified atom stereocenters. The Morgan fingerprint density at radius 3 is 2.44 bits per heavy atom. The van der Waals surface area contributed by atoms with Gasteiger partial charge in [0.15, 0.2) is 0 Å². The van der Waals surface area contributed by atoms with Gasteiger partial charge in [0.25, 0.3) is 5.91 Å². The standard InChI is InChI=1S/C19H29N3O2.ClH/c1-4-11-19(3,20)18(24)22-12-9-15(10-13-22)21-17(23)16-8-6-5-7-14(16)2;/h5-8,15H,4,9-13,20H2,1-3H3,(H,21,23);1H. The van der Waals surface area contributed by atoms with Crippen molar-refractivity contribution in [1.29, 1.82) is 0 Å². The summed E-state index contributed by atoms with van der Waals surface area (Å²) in [7, 11) is 0. The van der Waals surface area contributed by atoms with Crippen molar-refractivity contribution in [3.05, 3.63) is 35.4 Å². The van der Waals surface area contributed by atoms with Gasteiger partial charge in [-0.3, -0.25) is 9.59 Å². The van der Waals surface area contributed by atoms with Crippen molar-refractivity contribution >= 4 is 24.2 Å². The van der Waals surface area contributed by atoms with Crippen LogP contribution in [0.5, 0.6) is 0 Å². The Morgan fingerprint density at radius 1 is 1.28 bits per heavy atom. The maximum Gasteiger partial charge on any atom is 0.251 e. The number of carbonyl (C=O) groups excluding carboxylic acids is 2. The minimum Gasteiger partial charge on any atom is -0.349 e. The van der Waals surface area contributed by atoms with Gasteiger partial charge in [-0.05, 0) is 44.7 Å². The van der Waals surface area contributed by atoms with Gasteiger partial charge in [-0.2, -0.15) is 0 Å². The van der Waals surface area contributed by atoms with Crippen LogP contribution < -0.4 is 11.1 Å². The highest BCUT2D eigenvalue weighted by Gasteiger charge is 2.34. The van der Waals surface area contributed by atoms with Gasteiger partial charge < -0.3 is 16.0 Å². The summed E-state index contributed by atoms with van der Waals surface area (Å²) in [6.45, 7) is 7.07. The van der Waals surface area contributed by atoms with Crippen molar-refractivity contribution in [3.8, 4) is 0 Å². The van der Waals surface area contributed by atoms with Gasteiger partial charge in [0.05, 0.1) is 5.54 Å². The SMILES string of the molecule is CCCC(C)(N)C(=O)N1CCC(NC(=O)c2ccccc2C)CC1.Cl. The second kappa shape index (κ2) is 9.20. The zero-order valence-electron chi connectivity index (χ0n) is 15.4. The number of rotatable bonds is 5. The lowest BCUT2D eigenvalue weighted by Crippen LogP contribution is -2.56. The van der Waals surface area contributed by atoms with Crippen LogP contribution in [0, 0.1) is 6.92 Å². The molecule has 1 aliphatic heterocycles. The van der Waals surface area contributed by atoms with Crippen LogP contribution in [-0.4, -0.2) is 41.4 Å². The summed E-state index contributed by atoms with van der Waals surface area (Å²) in [6, 6.07) is 7.69. The molecule has 1 atom stereocenters. The van der Waals surface area contributed by atoms with Gasteiger partial charge in [-0.1, -0.05) is 31.5 Å². The number of likely N-dealkylation sites (tertiary alicyclic amines) is 1. The summed E-state index contributed by atoms with van der Waals surface area (Å²) in [6.07, 6.45) is 3.12. The molecule has 1 aliphatic rings. The number of hydrogen-bond acceptors (Lipinski definition) is 3. The van der Waals surface area contributed by atoms with Gasteiger partial charge in [-0.15, -0.1) is 12.4 Å². The first-order chi connectivity index (χ1) is 11.3. The molecule has 1 aromatic carbocycles. The largest absolute Gasteiger partial charge is 0.349 e. The predicted octanol–water partition coefficient (Wildman–Crippen LogP) is 2.66. The topological polar surface area (TPSA) is 75.4 Å². The smallest absolute Gasteiger partial charge is 0.251 e. The second-order valence-electron chi connectivity index (χ2n) is 7.02. The zero-order valence-corrected chi connectivity index (χ0v) is 16.2. The Morgan fingerprint density at radius 2 is 1.88 bits per heavy atom. The maximum atomic E-state index is 12.5. The Kier molecular flexibility index (Phi) is 7.90. The quantitative estimate of drug-likeness (QED) is 0.840. The van der Waals surface area contributed by atoms with Gasteiger partial charge in [0.1, 0.15) is 0 Å². The predicted molar refractivity (Wildman–Crippen MR) is 103 cm³/mol. The van der Waals surface area contributed by atoms with E-state index in [0.29, 0.717) is 25.1 Å². The van der Waals surface area contributed by atoms with E-state index in [4.69, 9.17) is 5.73 Å². The number of piperidine rings is 1. The number of nitrogens with two attached hydrogens (primary N) is 1. The van der Waals surface area contributed by atoms with Crippen LogP contribution in [0.2, 0.25) is 0 Å². The highest BCUT2D eigenvalue weighted by atomic mass is 35.5. The van der Waals surface area contributed by atoms with Gasteiger partial charge in [-0.25, -0.2) is 0 Å². The molecule has 2 rings (SSSR count). The summed E-state index contributed by atoms with van der Waals surface area (Å²) in [4.78, 5) is 26.7. The lowest BCUT2D eigenvalue weighted by molar-refractivity contribution is -0.137. The Labute approximate surface area is 156 Å². The zero-order chi connectivity index (χ0) is 17.7. The number of aryl methyl sites for hydroxylation is 1. The van der Waals surface area contributed by atoms with Crippen molar-refractivity contribution in [2.45, 2.75) is 58.0 Å². The Hall–Kier alpha value is -1.59. The highest BCUT2D eigenvalue weighted by Crippen LogP contribution is 2.18. The molecule has 25 heavy (non-hydrogen) atoms. The van der Waals surface area contributed by atoms with Crippen LogP contribution in [0.1, 0.15) is 55.5 Å². The molecule has 140 valence electrons. The van der Waals surface area contributed by atoms with E-state index in [1.165, 1.54) is 0 Å². The summed E-state index contributed by atoms with van der Waals surface area (Å²) in [5.41, 5.74) is 7.05. The van der Waals surface area contributed by atoms with E-state index in [-0.39, 0.29) is 30.3 Å². The first-order valence-corrected chi connectivity index (χ1v) is 8.80. The van der Waals surface area contributed by atoms with Gasteiger partial charge in [0, 0.05) is 24.7 Å². The number of nitrogens with one attached hydrogen (secondary N) is 1. The van der Waals surface area contributed by atoms with E-state index in [1.807, 2.05) is 49.9 Å². The van der Waals surface area contributed by atoms with Crippen LogP contribution in [0.3, 0.4) is 0 Å². The van der Waals surface area contributed by atoms with Crippen molar-refractivity contribution < 1.29 is 9.59 Å². The number of hydrogen-bond donors (Lipinski definition) is 2. The van der Waals surface area contributed by atoms with Crippen LogP contribution in [0.25, 0.3) is 0 Å². The van der Waals surface area contributed by atoms with E-state index in [1.54, 1.807) is 0 Å². The van der Waals surface area contributed by atoms with Crippen LogP contribution in [0.4, 0.5) is 0 Å². The number of halogens is 1. The fourth-order valence-corrected chi connectivity index (χ4v) is 3.31. The Bertz CT molecular complexity index is 596. The lowest BCUT2D eigenvalue weighted by atomic mass is 9.94. The molecule has 2 amide bonds. The first-order valence-electron chi connectivity index (χ1n) is 8.80. The molecule has 1 aromatic rings. The molecule has 3 N–H and O–H groups in total. The highest BCUT2D eigenvalue weighted by molar-refractivity contribution is 5.95. The molecule has 1 fully saturated rings. The van der Waals surface area contributed by atoms with Crippen molar-refractivity contribution in [1.82, 2.24) is 10.2 Å². The molecular weight excluding hydrogens is 338 g/mol. The summed E-state index contributed by atoms with van der Waals surface area (Å²) >= 11 is 0. The number of benzene rings is 1. The van der Waals surface area contributed by atoms with E-state index < -0.39 is 5.54 Å². The van der Waals surface area contributed by atoms with Gasteiger partial charge in [0.2, 0.25) is 5.91 Å². The van der Waals surface area contributed by atoms with Crippen molar-refractivity contribution in [3.63, 3.8) is 0 Å². The van der Waals surface area contributed by atoms with Crippen LogP contribution >= 0.6 is 12.4 Å². The molecular formula is C19H30ClN3O2. The molecule has 0 saturated carbocycles. The van der Waals surface area contributed by atoms with Crippen molar-refractivity contribution in [2.75, 3.05) is 13.1 Å². The average Bonchev–Trinajstić information content (AvgIpc) is 2.55.